The van der Waals surface area contributed by atoms with Crippen molar-refractivity contribution in [3.05, 3.63) is 30.0 Å². The van der Waals surface area contributed by atoms with Gasteiger partial charge >= 0.3 is 0 Å². The lowest BCUT2D eigenvalue weighted by Gasteiger charge is -2.21. The SMILES string of the molecule is CCN(CC)c1cccc2occ(C)c12. The van der Waals surface area contributed by atoms with Crippen LogP contribution >= 0.6 is 0 Å². The Morgan fingerprint density at radius 3 is 2.60 bits per heavy atom. The summed E-state index contributed by atoms with van der Waals surface area (Å²) in [6.07, 6.45) is 1.83. The van der Waals surface area contributed by atoms with Gasteiger partial charge in [0, 0.05) is 24.2 Å². The van der Waals surface area contributed by atoms with E-state index < -0.39 is 0 Å². The zero-order valence-electron chi connectivity index (χ0n) is 9.58. The molecule has 2 heteroatoms. The fourth-order valence-corrected chi connectivity index (χ4v) is 2.05. The van der Waals surface area contributed by atoms with Crippen LogP contribution in [-0.4, -0.2) is 13.1 Å². The largest absolute Gasteiger partial charge is 0.464 e. The van der Waals surface area contributed by atoms with Gasteiger partial charge in [0.25, 0.3) is 0 Å². The highest BCUT2D eigenvalue weighted by Gasteiger charge is 2.10. The third kappa shape index (κ3) is 1.60. The maximum absolute atomic E-state index is 5.50. The van der Waals surface area contributed by atoms with Crippen LogP contribution in [-0.2, 0) is 0 Å². The van der Waals surface area contributed by atoms with Gasteiger partial charge in [0.15, 0.2) is 0 Å². The lowest BCUT2D eigenvalue weighted by Crippen LogP contribution is -2.21. The molecule has 0 aliphatic rings. The van der Waals surface area contributed by atoms with Crippen LogP contribution in [0.2, 0.25) is 0 Å². The Kier molecular flexibility index (Phi) is 2.67. The normalized spacial score (nSPS) is 10.9. The Morgan fingerprint density at radius 1 is 1.20 bits per heavy atom. The first kappa shape index (κ1) is 10.1. The number of hydrogen-bond donors (Lipinski definition) is 0. The monoisotopic (exact) mass is 203 g/mol. The second-order valence-corrected chi connectivity index (χ2v) is 3.74. The third-order valence-electron chi connectivity index (χ3n) is 2.87. The van der Waals surface area contributed by atoms with Crippen LogP contribution in [0, 0.1) is 6.92 Å². The van der Waals surface area contributed by atoms with Crippen LogP contribution in [0.5, 0.6) is 0 Å². The number of aryl methyl sites for hydroxylation is 1. The predicted molar refractivity (Wildman–Crippen MR) is 64.5 cm³/mol. The molecule has 0 saturated carbocycles. The van der Waals surface area contributed by atoms with Crippen LogP contribution in [0.25, 0.3) is 11.0 Å². The highest BCUT2D eigenvalue weighted by Crippen LogP contribution is 2.30. The molecule has 0 bridgehead atoms. The maximum Gasteiger partial charge on any atom is 0.136 e. The van der Waals surface area contributed by atoms with E-state index in [1.54, 1.807) is 0 Å². The van der Waals surface area contributed by atoms with E-state index in [4.69, 9.17) is 4.42 Å². The molecule has 2 aromatic rings. The van der Waals surface area contributed by atoms with Gasteiger partial charge in [0.1, 0.15) is 5.58 Å². The van der Waals surface area contributed by atoms with Crippen molar-refractivity contribution in [1.82, 2.24) is 0 Å². The average Bonchev–Trinajstić information content (AvgIpc) is 2.63. The highest BCUT2D eigenvalue weighted by atomic mass is 16.3. The first-order valence-corrected chi connectivity index (χ1v) is 5.49. The van der Waals surface area contributed by atoms with Gasteiger partial charge in [-0.3, -0.25) is 0 Å². The zero-order chi connectivity index (χ0) is 10.8. The first-order chi connectivity index (χ1) is 7.27. The summed E-state index contributed by atoms with van der Waals surface area (Å²) in [5, 5.41) is 1.25. The summed E-state index contributed by atoms with van der Waals surface area (Å²) in [7, 11) is 0. The van der Waals surface area contributed by atoms with Gasteiger partial charge < -0.3 is 9.32 Å². The summed E-state index contributed by atoms with van der Waals surface area (Å²) in [6.45, 7) is 8.51. The number of hydrogen-bond acceptors (Lipinski definition) is 2. The zero-order valence-corrected chi connectivity index (χ0v) is 9.58. The Morgan fingerprint density at radius 2 is 1.93 bits per heavy atom. The van der Waals surface area contributed by atoms with Crippen molar-refractivity contribution in [2.24, 2.45) is 0 Å². The van der Waals surface area contributed by atoms with Crippen LogP contribution in [0.3, 0.4) is 0 Å². The van der Waals surface area contributed by atoms with Crippen LogP contribution in [0.15, 0.2) is 28.9 Å². The summed E-state index contributed by atoms with van der Waals surface area (Å²) in [5.74, 6) is 0. The highest BCUT2D eigenvalue weighted by molar-refractivity contribution is 5.93. The van der Waals surface area contributed by atoms with E-state index in [-0.39, 0.29) is 0 Å². The quantitative estimate of drug-likeness (QED) is 0.758. The maximum atomic E-state index is 5.50. The molecule has 0 N–H and O–H groups in total. The van der Waals surface area contributed by atoms with E-state index in [9.17, 15) is 0 Å². The van der Waals surface area contributed by atoms with E-state index in [2.05, 4.69) is 37.8 Å². The molecule has 0 spiro atoms. The summed E-state index contributed by atoms with van der Waals surface area (Å²) in [6, 6.07) is 6.24. The van der Waals surface area contributed by atoms with Crippen molar-refractivity contribution in [2.45, 2.75) is 20.8 Å². The molecule has 0 fully saturated rings. The Labute approximate surface area is 90.5 Å². The van der Waals surface area contributed by atoms with Crippen LogP contribution in [0.1, 0.15) is 19.4 Å². The summed E-state index contributed by atoms with van der Waals surface area (Å²) >= 11 is 0. The molecule has 0 radical (unpaired) electrons. The molecule has 2 rings (SSSR count). The first-order valence-electron chi connectivity index (χ1n) is 5.49. The molecule has 0 saturated heterocycles. The minimum atomic E-state index is 0.983. The minimum absolute atomic E-state index is 0.983. The van der Waals surface area contributed by atoms with E-state index in [0.717, 1.165) is 18.7 Å². The molecular weight excluding hydrogens is 186 g/mol. The molecule has 80 valence electrons. The fourth-order valence-electron chi connectivity index (χ4n) is 2.05. The second-order valence-electron chi connectivity index (χ2n) is 3.74. The molecule has 0 aliphatic heterocycles. The van der Waals surface area contributed by atoms with Gasteiger partial charge in [-0.05, 0) is 38.5 Å². The van der Waals surface area contributed by atoms with Gasteiger partial charge in [0.05, 0.1) is 6.26 Å². The fraction of sp³-hybridized carbons (Fsp3) is 0.385. The van der Waals surface area contributed by atoms with E-state index in [0.29, 0.717) is 0 Å². The number of anilines is 1. The van der Waals surface area contributed by atoms with Crippen LogP contribution < -0.4 is 4.90 Å². The number of fused-ring (bicyclic) bond motifs is 1. The number of rotatable bonds is 3. The predicted octanol–water partition coefficient (Wildman–Crippen LogP) is 3.59. The average molecular weight is 203 g/mol. The molecule has 15 heavy (non-hydrogen) atoms. The van der Waals surface area contributed by atoms with Gasteiger partial charge in [-0.25, -0.2) is 0 Å². The third-order valence-corrected chi connectivity index (χ3v) is 2.87. The molecule has 0 atom stereocenters. The summed E-state index contributed by atoms with van der Waals surface area (Å²) in [4.78, 5) is 2.35. The molecule has 0 aliphatic carbocycles. The van der Waals surface area contributed by atoms with Crippen molar-refractivity contribution in [3.8, 4) is 0 Å². The van der Waals surface area contributed by atoms with Gasteiger partial charge in [-0.1, -0.05) is 6.07 Å². The molecular formula is C13H17NO. The topological polar surface area (TPSA) is 16.4 Å². The molecule has 0 unspecified atom stereocenters. The van der Waals surface area contributed by atoms with Crippen molar-refractivity contribution in [1.29, 1.82) is 0 Å². The summed E-state index contributed by atoms with van der Waals surface area (Å²) in [5.41, 5.74) is 3.48. The Bertz CT molecular complexity index is 455. The van der Waals surface area contributed by atoms with Gasteiger partial charge in [0.2, 0.25) is 0 Å². The Hall–Kier alpha value is -1.44. The lowest BCUT2D eigenvalue weighted by molar-refractivity contribution is 0.613. The Balaban J connectivity index is 2.63. The molecule has 1 aromatic carbocycles. The van der Waals surface area contributed by atoms with Crippen LogP contribution in [0.4, 0.5) is 5.69 Å². The van der Waals surface area contributed by atoms with Gasteiger partial charge in [-0.2, -0.15) is 0 Å². The molecule has 1 aromatic heterocycles. The molecule has 1 heterocycles. The number of benzene rings is 1. The van der Waals surface area contributed by atoms with Crippen molar-refractivity contribution in [3.63, 3.8) is 0 Å². The second kappa shape index (κ2) is 3.97. The lowest BCUT2D eigenvalue weighted by atomic mass is 10.1. The number of furan rings is 1. The van der Waals surface area contributed by atoms with Gasteiger partial charge in [-0.15, -0.1) is 0 Å². The smallest absolute Gasteiger partial charge is 0.136 e. The molecule has 0 amide bonds. The van der Waals surface area contributed by atoms with Crippen molar-refractivity contribution in [2.75, 3.05) is 18.0 Å². The van der Waals surface area contributed by atoms with Crippen molar-refractivity contribution >= 4 is 16.7 Å². The molecule has 2 nitrogen and oxygen atoms in total. The van der Waals surface area contributed by atoms with Crippen molar-refractivity contribution < 1.29 is 4.42 Å². The van der Waals surface area contributed by atoms with E-state index in [1.165, 1.54) is 16.6 Å². The standard InChI is InChI=1S/C13H17NO/c1-4-14(5-2)11-7-6-8-12-13(11)10(3)9-15-12/h6-9H,4-5H2,1-3H3. The minimum Gasteiger partial charge on any atom is -0.464 e. The number of nitrogens with zero attached hydrogens (tertiary/aromatic N) is 1. The van der Waals surface area contributed by atoms with E-state index >= 15 is 0 Å². The summed E-state index contributed by atoms with van der Waals surface area (Å²) < 4.78 is 5.50. The van der Waals surface area contributed by atoms with E-state index in [1.807, 2.05) is 12.3 Å².